The Balaban J connectivity index is 1.51. The molecule has 0 unspecified atom stereocenters. The zero-order chi connectivity index (χ0) is 19.8. The molecule has 0 aromatic heterocycles. The Kier molecular flexibility index (Phi) is 7.23. The molecular formula is C23H26N2O2S. The van der Waals surface area contributed by atoms with Gasteiger partial charge >= 0.3 is 0 Å². The van der Waals surface area contributed by atoms with Gasteiger partial charge in [-0.2, -0.15) is 0 Å². The number of nitrogens with zero attached hydrogens (tertiary/aromatic N) is 1. The lowest BCUT2D eigenvalue weighted by atomic mass is 10.2. The van der Waals surface area contributed by atoms with Gasteiger partial charge in [-0.15, -0.1) is 0 Å². The van der Waals surface area contributed by atoms with Crippen molar-refractivity contribution in [3.05, 3.63) is 78.4 Å². The van der Waals surface area contributed by atoms with Crippen LogP contribution in [0.2, 0.25) is 0 Å². The Morgan fingerprint density at radius 3 is 2.29 bits per heavy atom. The van der Waals surface area contributed by atoms with Gasteiger partial charge in [0.1, 0.15) is 11.5 Å². The minimum Gasteiger partial charge on any atom is -0.507 e. The number of aromatic hydroxyl groups is 2. The number of hydrogen-bond donors (Lipinski definition) is 3. The fourth-order valence-electron chi connectivity index (χ4n) is 2.95. The molecule has 0 bridgehead atoms. The largest absolute Gasteiger partial charge is 0.507 e. The van der Waals surface area contributed by atoms with E-state index in [9.17, 15) is 10.2 Å². The summed E-state index contributed by atoms with van der Waals surface area (Å²) in [6.07, 6.45) is 1.04. The molecule has 4 nitrogen and oxygen atoms in total. The maximum atomic E-state index is 10.0. The highest BCUT2D eigenvalue weighted by atomic mass is 32.2. The summed E-state index contributed by atoms with van der Waals surface area (Å²) >= 11 is 1.39. The van der Waals surface area contributed by atoms with E-state index < -0.39 is 0 Å². The Labute approximate surface area is 170 Å². The second-order valence-electron chi connectivity index (χ2n) is 6.62. The first-order chi connectivity index (χ1) is 13.6. The summed E-state index contributed by atoms with van der Waals surface area (Å²) in [5.74, 6) is 0.188. The van der Waals surface area contributed by atoms with E-state index in [4.69, 9.17) is 0 Å². The van der Waals surface area contributed by atoms with E-state index in [2.05, 4.69) is 47.6 Å². The van der Waals surface area contributed by atoms with Gasteiger partial charge in [-0.05, 0) is 48.9 Å². The van der Waals surface area contributed by atoms with Gasteiger partial charge < -0.3 is 20.4 Å². The normalized spacial score (nSPS) is 10.8. The maximum absolute atomic E-state index is 10.0. The lowest BCUT2D eigenvalue weighted by Crippen LogP contribution is -2.23. The summed E-state index contributed by atoms with van der Waals surface area (Å²) in [5.41, 5.74) is 2.37. The fourth-order valence-corrected chi connectivity index (χ4v) is 3.94. The summed E-state index contributed by atoms with van der Waals surface area (Å²) in [4.78, 5) is 3.76. The van der Waals surface area contributed by atoms with Crippen molar-refractivity contribution < 1.29 is 10.2 Å². The van der Waals surface area contributed by atoms with Crippen LogP contribution in [0, 0.1) is 0 Å². The summed E-state index contributed by atoms with van der Waals surface area (Å²) in [6, 6.07) is 23.3. The number of phenols is 2. The van der Waals surface area contributed by atoms with Crippen molar-refractivity contribution in [1.29, 1.82) is 0 Å². The fraction of sp³-hybridized carbons (Fsp3) is 0.217. The topological polar surface area (TPSA) is 55.7 Å². The van der Waals surface area contributed by atoms with E-state index in [-0.39, 0.29) is 11.5 Å². The molecule has 0 spiro atoms. The maximum Gasteiger partial charge on any atom is 0.133 e. The van der Waals surface area contributed by atoms with Crippen molar-refractivity contribution in [2.24, 2.45) is 0 Å². The Morgan fingerprint density at radius 2 is 1.54 bits per heavy atom. The third-order valence-electron chi connectivity index (χ3n) is 4.52. The van der Waals surface area contributed by atoms with E-state index in [0.29, 0.717) is 4.90 Å². The van der Waals surface area contributed by atoms with E-state index in [1.54, 1.807) is 18.2 Å². The van der Waals surface area contributed by atoms with Gasteiger partial charge in [-0.3, -0.25) is 0 Å². The van der Waals surface area contributed by atoms with Gasteiger partial charge in [0.25, 0.3) is 0 Å². The van der Waals surface area contributed by atoms with Crippen LogP contribution in [0.25, 0.3) is 0 Å². The smallest absolute Gasteiger partial charge is 0.133 e. The summed E-state index contributed by atoms with van der Waals surface area (Å²) in [6.45, 7) is 2.64. The molecule has 3 N–H and O–H groups in total. The van der Waals surface area contributed by atoms with Gasteiger partial charge in [0, 0.05) is 30.7 Å². The third-order valence-corrected chi connectivity index (χ3v) is 5.76. The third kappa shape index (κ3) is 5.44. The quantitative estimate of drug-likeness (QED) is 0.452. The molecule has 0 heterocycles. The van der Waals surface area contributed by atoms with Crippen LogP contribution in [0.1, 0.15) is 12.0 Å². The molecule has 0 aliphatic rings. The van der Waals surface area contributed by atoms with Crippen molar-refractivity contribution in [3.63, 3.8) is 0 Å². The first-order valence-electron chi connectivity index (χ1n) is 9.39. The molecule has 0 saturated heterocycles. The highest BCUT2D eigenvalue weighted by Gasteiger charge is 2.11. The van der Waals surface area contributed by atoms with Gasteiger partial charge in [-0.1, -0.05) is 54.2 Å². The molecule has 3 aromatic carbocycles. The van der Waals surface area contributed by atoms with Crippen molar-refractivity contribution >= 4 is 17.4 Å². The molecule has 28 heavy (non-hydrogen) atoms. The van der Waals surface area contributed by atoms with Crippen LogP contribution in [-0.2, 0) is 6.54 Å². The molecule has 5 heteroatoms. The number of hydrogen-bond acceptors (Lipinski definition) is 5. The number of nitrogens with one attached hydrogen (secondary N) is 1. The van der Waals surface area contributed by atoms with Crippen LogP contribution >= 0.6 is 11.8 Å². The Hall–Kier alpha value is -2.63. The van der Waals surface area contributed by atoms with E-state index in [0.717, 1.165) is 36.5 Å². The second kappa shape index (κ2) is 10.1. The first-order valence-corrected chi connectivity index (χ1v) is 10.2. The number of benzene rings is 3. The lowest BCUT2D eigenvalue weighted by Gasteiger charge is -2.19. The van der Waals surface area contributed by atoms with Gasteiger partial charge in [0.15, 0.2) is 0 Å². The van der Waals surface area contributed by atoms with Crippen LogP contribution in [0.4, 0.5) is 5.69 Å². The van der Waals surface area contributed by atoms with Crippen LogP contribution in [0.5, 0.6) is 11.5 Å². The molecule has 0 aliphatic carbocycles. The standard InChI is InChI=1S/C23H26N2O2S/c1-25(19-10-3-2-4-11-19)16-8-15-24-17-18-9-5-6-14-22(18)28-23-20(26)12-7-13-21(23)27/h2-7,9-14,24,26-27H,8,15-17H2,1H3. The molecule has 0 radical (unpaired) electrons. The van der Waals surface area contributed by atoms with E-state index >= 15 is 0 Å². The summed E-state index contributed by atoms with van der Waals surface area (Å²) < 4.78 is 0. The predicted molar refractivity (Wildman–Crippen MR) is 116 cm³/mol. The monoisotopic (exact) mass is 394 g/mol. The minimum absolute atomic E-state index is 0.0942. The zero-order valence-electron chi connectivity index (χ0n) is 16.0. The Morgan fingerprint density at radius 1 is 0.857 bits per heavy atom. The average molecular weight is 395 g/mol. The van der Waals surface area contributed by atoms with Crippen molar-refractivity contribution in [2.45, 2.75) is 22.8 Å². The van der Waals surface area contributed by atoms with Crippen molar-refractivity contribution in [3.8, 4) is 11.5 Å². The molecule has 0 aliphatic heterocycles. The van der Waals surface area contributed by atoms with Crippen molar-refractivity contribution in [1.82, 2.24) is 5.32 Å². The highest BCUT2D eigenvalue weighted by molar-refractivity contribution is 7.99. The predicted octanol–water partition coefficient (Wildman–Crippen LogP) is 4.87. The molecule has 3 aromatic rings. The van der Waals surface area contributed by atoms with Crippen LogP contribution in [-0.4, -0.2) is 30.4 Å². The first kappa shape index (κ1) is 20.1. The number of phenolic OH excluding ortho intramolecular Hbond substituents is 2. The second-order valence-corrected chi connectivity index (χ2v) is 7.67. The number of rotatable bonds is 9. The van der Waals surface area contributed by atoms with Crippen LogP contribution in [0.3, 0.4) is 0 Å². The van der Waals surface area contributed by atoms with E-state index in [1.807, 2.05) is 24.3 Å². The minimum atomic E-state index is 0.0942. The summed E-state index contributed by atoms with van der Waals surface area (Å²) in [5, 5.41) is 23.6. The number of para-hydroxylation sites is 1. The van der Waals surface area contributed by atoms with Gasteiger partial charge in [0.05, 0.1) is 4.90 Å². The zero-order valence-corrected chi connectivity index (χ0v) is 16.8. The molecule has 0 fully saturated rings. The molecule has 146 valence electrons. The number of anilines is 1. The molecule has 0 atom stereocenters. The van der Waals surface area contributed by atoms with E-state index in [1.165, 1.54) is 17.4 Å². The Bertz CT molecular complexity index is 867. The average Bonchev–Trinajstić information content (AvgIpc) is 2.72. The molecule has 0 amide bonds. The van der Waals surface area contributed by atoms with Crippen LogP contribution < -0.4 is 10.2 Å². The molecular weight excluding hydrogens is 368 g/mol. The van der Waals surface area contributed by atoms with Gasteiger partial charge in [0.2, 0.25) is 0 Å². The molecule has 3 rings (SSSR count). The highest BCUT2D eigenvalue weighted by Crippen LogP contribution is 2.41. The van der Waals surface area contributed by atoms with Crippen molar-refractivity contribution in [2.75, 3.05) is 25.0 Å². The molecule has 0 saturated carbocycles. The summed E-state index contributed by atoms with van der Waals surface area (Å²) in [7, 11) is 2.11. The van der Waals surface area contributed by atoms with Gasteiger partial charge in [-0.25, -0.2) is 0 Å². The van der Waals surface area contributed by atoms with Crippen LogP contribution in [0.15, 0.2) is 82.6 Å². The SMILES string of the molecule is CN(CCCNCc1ccccc1Sc1c(O)cccc1O)c1ccccc1. The lowest BCUT2D eigenvalue weighted by molar-refractivity contribution is 0.428.